The number of amides is 1. The topological polar surface area (TPSA) is 119 Å². The molecule has 102 valence electrons. The Bertz CT molecular complexity index is 339. The molecule has 2 N–H and O–H groups in total. The van der Waals surface area contributed by atoms with E-state index in [4.69, 9.17) is 5.11 Å². The summed E-state index contributed by atoms with van der Waals surface area (Å²) in [6, 6.07) is -1.23. The van der Waals surface area contributed by atoms with E-state index in [1.54, 1.807) is 0 Å². The van der Waals surface area contributed by atoms with E-state index in [0.717, 1.165) is 6.92 Å². The monoisotopic (exact) mass is 261 g/mol. The first-order valence-corrected chi connectivity index (χ1v) is 5.09. The second-order valence-corrected chi connectivity index (χ2v) is 3.35. The Balaban J connectivity index is 4.18. The third kappa shape index (κ3) is 7.20. The Hall–Kier alpha value is -2.12. The van der Waals surface area contributed by atoms with Crippen LogP contribution in [0.1, 0.15) is 19.8 Å². The Labute approximate surface area is 103 Å². The minimum absolute atomic E-state index is 0.103. The smallest absolute Gasteiger partial charge is 0.326 e. The fourth-order valence-electron chi connectivity index (χ4n) is 1.02. The third-order valence-electron chi connectivity index (χ3n) is 1.90. The normalized spacial score (nSPS) is 11.2. The lowest BCUT2D eigenvalue weighted by Crippen LogP contribution is -2.43. The number of ether oxygens (including phenoxy) is 2. The zero-order valence-electron chi connectivity index (χ0n) is 10.1. The average molecular weight is 261 g/mol. The van der Waals surface area contributed by atoms with E-state index < -0.39 is 36.5 Å². The van der Waals surface area contributed by atoms with E-state index in [2.05, 4.69) is 14.8 Å². The van der Waals surface area contributed by atoms with Gasteiger partial charge in [0.15, 0.2) is 6.61 Å². The van der Waals surface area contributed by atoms with E-state index >= 15 is 0 Å². The summed E-state index contributed by atoms with van der Waals surface area (Å²) in [7, 11) is 1.18. The molecule has 0 heterocycles. The van der Waals surface area contributed by atoms with Gasteiger partial charge in [-0.2, -0.15) is 0 Å². The van der Waals surface area contributed by atoms with Crippen LogP contribution in [0, 0.1) is 0 Å². The van der Waals surface area contributed by atoms with Crippen molar-refractivity contribution in [3.63, 3.8) is 0 Å². The van der Waals surface area contributed by atoms with Gasteiger partial charge in [0.05, 0.1) is 7.11 Å². The van der Waals surface area contributed by atoms with E-state index in [-0.39, 0.29) is 12.8 Å². The Morgan fingerprint density at radius 2 is 1.89 bits per heavy atom. The van der Waals surface area contributed by atoms with Gasteiger partial charge < -0.3 is 19.9 Å². The van der Waals surface area contributed by atoms with Crippen molar-refractivity contribution < 1.29 is 33.8 Å². The molecule has 0 aromatic rings. The van der Waals surface area contributed by atoms with Gasteiger partial charge >= 0.3 is 17.9 Å². The zero-order valence-corrected chi connectivity index (χ0v) is 10.1. The predicted octanol–water partition coefficient (Wildman–Crippen LogP) is -0.928. The molecule has 0 bridgehead atoms. The minimum Gasteiger partial charge on any atom is -0.480 e. The molecule has 0 unspecified atom stereocenters. The largest absolute Gasteiger partial charge is 0.480 e. The Kier molecular flexibility index (Phi) is 7.10. The number of rotatable bonds is 7. The molecule has 0 fully saturated rings. The van der Waals surface area contributed by atoms with E-state index in [0.29, 0.717) is 0 Å². The molecule has 0 aliphatic carbocycles. The van der Waals surface area contributed by atoms with Crippen LogP contribution >= 0.6 is 0 Å². The van der Waals surface area contributed by atoms with Gasteiger partial charge in [-0.3, -0.25) is 14.4 Å². The van der Waals surface area contributed by atoms with E-state index in [9.17, 15) is 19.2 Å². The summed E-state index contributed by atoms with van der Waals surface area (Å²) in [6.45, 7) is 0.566. The SMILES string of the molecule is COC(=O)CC[C@H](NC(=O)COC(C)=O)C(=O)O. The lowest BCUT2D eigenvalue weighted by atomic mass is 10.1. The van der Waals surface area contributed by atoms with Crippen molar-refractivity contribution in [2.24, 2.45) is 0 Å². The third-order valence-corrected chi connectivity index (χ3v) is 1.90. The molecule has 0 saturated carbocycles. The van der Waals surface area contributed by atoms with Crippen LogP contribution in [0.2, 0.25) is 0 Å². The second-order valence-electron chi connectivity index (χ2n) is 3.35. The lowest BCUT2D eigenvalue weighted by Gasteiger charge is -2.13. The molecular formula is C10H15NO7. The maximum Gasteiger partial charge on any atom is 0.326 e. The number of methoxy groups -OCH3 is 1. The van der Waals surface area contributed by atoms with Gasteiger partial charge in [0.1, 0.15) is 6.04 Å². The van der Waals surface area contributed by atoms with Crippen LogP contribution in [-0.2, 0) is 28.7 Å². The van der Waals surface area contributed by atoms with Crippen LogP contribution in [0.3, 0.4) is 0 Å². The summed E-state index contributed by atoms with van der Waals surface area (Å²) in [5, 5.41) is 10.9. The van der Waals surface area contributed by atoms with Crippen molar-refractivity contribution in [2.75, 3.05) is 13.7 Å². The van der Waals surface area contributed by atoms with Crippen molar-refractivity contribution in [3.8, 4) is 0 Å². The summed E-state index contributed by atoms with van der Waals surface area (Å²) in [4.78, 5) is 43.3. The van der Waals surface area contributed by atoms with Crippen LogP contribution in [0.25, 0.3) is 0 Å². The molecule has 1 amide bonds. The van der Waals surface area contributed by atoms with Crippen LogP contribution in [-0.4, -0.2) is 48.7 Å². The molecule has 18 heavy (non-hydrogen) atoms. The van der Waals surface area contributed by atoms with Crippen molar-refractivity contribution in [2.45, 2.75) is 25.8 Å². The molecule has 1 atom stereocenters. The Morgan fingerprint density at radius 3 is 2.33 bits per heavy atom. The number of aliphatic carboxylic acids is 1. The van der Waals surface area contributed by atoms with Gasteiger partial charge in [-0.25, -0.2) is 4.79 Å². The predicted molar refractivity (Wildman–Crippen MR) is 57.4 cm³/mol. The first kappa shape index (κ1) is 15.9. The molecule has 0 radical (unpaired) electrons. The number of carbonyl (C=O) groups is 4. The minimum atomic E-state index is -1.28. The number of carbonyl (C=O) groups excluding carboxylic acids is 3. The zero-order chi connectivity index (χ0) is 14.1. The van der Waals surface area contributed by atoms with Gasteiger partial charge in [-0.05, 0) is 6.42 Å². The number of carboxylic acids is 1. The molecule has 8 heteroatoms. The molecule has 0 spiro atoms. The highest BCUT2D eigenvalue weighted by Gasteiger charge is 2.21. The Morgan fingerprint density at radius 1 is 1.28 bits per heavy atom. The summed E-state index contributed by atoms with van der Waals surface area (Å²) in [5.41, 5.74) is 0. The van der Waals surface area contributed by atoms with Gasteiger partial charge in [-0.1, -0.05) is 0 Å². The van der Waals surface area contributed by atoms with Crippen molar-refractivity contribution in [1.82, 2.24) is 5.32 Å². The summed E-state index contributed by atoms with van der Waals surface area (Å²) >= 11 is 0. The molecule has 0 saturated heterocycles. The number of esters is 2. The second kappa shape index (κ2) is 8.04. The molecule has 0 rings (SSSR count). The first-order chi connectivity index (χ1) is 8.36. The van der Waals surface area contributed by atoms with Crippen LogP contribution in [0.5, 0.6) is 0 Å². The molecule has 8 nitrogen and oxygen atoms in total. The van der Waals surface area contributed by atoms with Crippen LogP contribution in [0.4, 0.5) is 0 Å². The standard InChI is InChI=1S/C10H15NO7/c1-6(12)18-5-8(13)11-7(10(15)16)3-4-9(14)17-2/h7H,3-5H2,1-2H3,(H,11,13)(H,15,16)/t7-/m0/s1. The van der Waals surface area contributed by atoms with Gasteiger partial charge in [0.25, 0.3) is 5.91 Å². The maximum atomic E-state index is 11.2. The van der Waals surface area contributed by atoms with E-state index in [1.165, 1.54) is 7.11 Å². The summed E-state index contributed by atoms with van der Waals surface area (Å²) in [6.07, 6.45) is -0.241. The maximum absolute atomic E-state index is 11.2. The summed E-state index contributed by atoms with van der Waals surface area (Å²) in [5.74, 6) is -3.25. The van der Waals surface area contributed by atoms with Crippen LogP contribution in [0.15, 0.2) is 0 Å². The van der Waals surface area contributed by atoms with Gasteiger partial charge in [-0.15, -0.1) is 0 Å². The van der Waals surface area contributed by atoms with Crippen molar-refractivity contribution >= 4 is 23.8 Å². The van der Waals surface area contributed by atoms with Crippen molar-refractivity contribution in [1.29, 1.82) is 0 Å². The highest BCUT2D eigenvalue weighted by molar-refractivity contribution is 5.85. The fourth-order valence-corrected chi connectivity index (χ4v) is 1.02. The molecule has 0 aromatic heterocycles. The number of hydrogen-bond acceptors (Lipinski definition) is 6. The quantitative estimate of drug-likeness (QED) is 0.568. The number of nitrogens with one attached hydrogen (secondary N) is 1. The van der Waals surface area contributed by atoms with Crippen LogP contribution < -0.4 is 5.32 Å². The first-order valence-electron chi connectivity index (χ1n) is 5.09. The fraction of sp³-hybridized carbons (Fsp3) is 0.600. The van der Waals surface area contributed by atoms with Crippen molar-refractivity contribution in [3.05, 3.63) is 0 Å². The molecule has 0 aliphatic heterocycles. The highest BCUT2D eigenvalue weighted by atomic mass is 16.5. The van der Waals surface area contributed by atoms with Gasteiger partial charge in [0.2, 0.25) is 0 Å². The average Bonchev–Trinajstić information content (AvgIpc) is 2.30. The molecule has 0 aromatic carbocycles. The summed E-state index contributed by atoms with van der Waals surface area (Å²) < 4.78 is 8.75. The van der Waals surface area contributed by atoms with E-state index in [1.807, 2.05) is 0 Å². The number of hydrogen-bond donors (Lipinski definition) is 2. The van der Waals surface area contributed by atoms with Gasteiger partial charge in [0, 0.05) is 13.3 Å². The molecular weight excluding hydrogens is 246 g/mol. The lowest BCUT2D eigenvalue weighted by molar-refractivity contribution is -0.148. The number of carboxylic acid groups (broad SMARTS) is 1. The molecule has 0 aliphatic rings. The highest BCUT2D eigenvalue weighted by Crippen LogP contribution is 1.99.